The van der Waals surface area contributed by atoms with Gasteiger partial charge in [-0.2, -0.15) is 0 Å². The van der Waals surface area contributed by atoms with Gasteiger partial charge in [-0.25, -0.2) is 9.78 Å². The first kappa shape index (κ1) is 12.6. The first-order valence-electron chi connectivity index (χ1n) is 6.04. The largest absolute Gasteiger partial charge is 0.332 e. The maximum absolute atomic E-state index is 12.1. The highest BCUT2D eigenvalue weighted by atomic mass is 16.2. The van der Waals surface area contributed by atoms with Crippen molar-refractivity contribution in [3.63, 3.8) is 0 Å². The third-order valence-corrected chi connectivity index (χ3v) is 3.13. The molecule has 0 radical (unpaired) electrons. The molecule has 6 nitrogen and oxygen atoms in total. The molecule has 2 aromatic heterocycles. The van der Waals surface area contributed by atoms with Crippen LogP contribution in [0.4, 0.5) is 0 Å². The highest BCUT2D eigenvalue weighted by molar-refractivity contribution is 5.69. The van der Waals surface area contributed by atoms with Crippen LogP contribution in [0, 0.1) is 5.92 Å². The minimum Gasteiger partial charge on any atom is -0.328 e. The molecule has 0 saturated heterocycles. The maximum Gasteiger partial charge on any atom is 0.332 e. The summed E-state index contributed by atoms with van der Waals surface area (Å²) in [4.78, 5) is 28.3. The lowest BCUT2D eigenvalue weighted by molar-refractivity contribution is 0.500. The van der Waals surface area contributed by atoms with Crippen molar-refractivity contribution >= 4 is 11.2 Å². The monoisotopic (exact) mass is 250 g/mol. The standard InChI is InChI=1S/C12H18N4O2/c1-8(2)5-6-16-10-9(14(3)7-13-10)11(17)15(4)12(16)18/h7-8H,5-6H2,1-4H3. The van der Waals surface area contributed by atoms with Crippen LogP contribution >= 0.6 is 0 Å². The van der Waals surface area contributed by atoms with Crippen LogP contribution in [-0.2, 0) is 20.6 Å². The first-order chi connectivity index (χ1) is 8.43. The van der Waals surface area contributed by atoms with Crippen molar-refractivity contribution in [2.45, 2.75) is 26.8 Å². The van der Waals surface area contributed by atoms with Crippen molar-refractivity contribution in [3.8, 4) is 0 Å². The van der Waals surface area contributed by atoms with Gasteiger partial charge in [-0.05, 0) is 12.3 Å². The van der Waals surface area contributed by atoms with E-state index in [1.165, 1.54) is 7.05 Å². The Balaban J connectivity index is 2.72. The van der Waals surface area contributed by atoms with Gasteiger partial charge in [0.1, 0.15) is 0 Å². The zero-order valence-corrected chi connectivity index (χ0v) is 11.2. The average Bonchev–Trinajstić information content (AvgIpc) is 2.68. The van der Waals surface area contributed by atoms with E-state index in [4.69, 9.17) is 0 Å². The van der Waals surface area contributed by atoms with Crippen LogP contribution in [0.3, 0.4) is 0 Å². The molecule has 0 bridgehead atoms. The fourth-order valence-electron chi connectivity index (χ4n) is 1.97. The molecule has 2 heterocycles. The molecule has 0 saturated carbocycles. The van der Waals surface area contributed by atoms with Crippen LogP contribution in [0.25, 0.3) is 11.2 Å². The lowest BCUT2D eigenvalue weighted by atomic mass is 10.1. The molecular formula is C12H18N4O2. The van der Waals surface area contributed by atoms with E-state index in [2.05, 4.69) is 18.8 Å². The Bertz CT molecular complexity index is 690. The van der Waals surface area contributed by atoms with Gasteiger partial charge in [-0.15, -0.1) is 0 Å². The number of fused-ring (bicyclic) bond motifs is 1. The van der Waals surface area contributed by atoms with E-state index in [0.717, 1.165) is 11.0 Å². The molecule has 0 aliphatic heterocycles. The normalized spacial score (nSPS) is 11.6. The molecule has 18 heavy (non-hydrogen) atoms. The number of nitrogens with zero attached hydrogens (tertiary/aromatic N) is 4. The second-order valence-corrected chi connectivity index (χ2v) is 5.01. The van der Waals surface area contributed by atoms with Gasteiger partial charge in [0.05, 0.1) is 6.33 Å². The fraction of sp³-hybridized carbons (Fsp3) is 0.583. The summed E-state index contributed by atoms with van der Waals surface area (Å²) in [6.07, 6.45) is 2.45. The number of imidazole rings is 1. The Kier molecular flexibility index (Phi) is 3.11. The van der Waals surface area contributed by atoms with Gasteiger partial charge in [-0.1, -0.05) is 13.8 Å². The quantitative estimate of drug-likeness (QED) is 0.796. The molecule has 0 spiro atoms. The van der Waals surface area contributed by atoms with Crippen LogP contribution in [0.2, 0.25) is 0 Å². The SMILES string of the molecule is CC(C)CCn1c(=O)n(C)c(=O)c2c1ncn2C. The molecule has 0 N–H and O–H groups in total. The molecule has 0 amide bonds. The molecule has 0 aromatic carbocycles. The van der Waals surface area contributed by atoms with E-state index in [9.17, 15) is 9.59 Å². The van der Waals surface area contributed by atoms with E-state index in [1.54, 1.807) is 22.5 Å². The highest BCUT2D eigenvalue weighted by Crippen LogP contribution is 2.07. The molecule has 0 fully saturated rings. The summed E-state index contributed by atoms with van der Waals surface area (Å²) >= 11 is 0. The van der Waals surface area contributed by atoms with Gasteiger partial charge in [0.25, 0.3) is 5.56 Å². The minimum atomic E-state index is -0.299. The van der Waals surface area contributed by atoms with Gasteiger partial charge in [0.15, 0.2) is 11.2 Å². The number of hydrogen-bond donors (Lipinski definition) is 0. The summed E-state index contributed by atoms with van der Waals surface area (Å²) in [5.74, 6) is 0.493. The maximum atomic E-state index is 12.1. The molecule has 6 heteroatoms. The van der Waals surface area contributed by atoms with Crippen molar-refractivity contribution in [3.05, 3.63) is 27.2 Å². The summed E-state index contributed by atoms with van der Waals surface area (Å²) in [5.41, 5.74) is 0.356. The Morgan fingerprint density at radius 3 is 2.56 bits per heavy atom. The topological polar surface area (TPSA) is 61.8 Å². The van der Waals surface area contributed by atoms with Gasteiger partial charge < -0.3 is 4.57 Å². The van der Waals surface area contributed by atoms with Crippen molar-refractivity contribution in [2.24, 2.45) is 20.0 Å². The third kappa shape index (κ3) is 1.87. The summed E-state index contributed by atoms with van der Waals surface area (Å²) in [6, 6.07) is 0. The zero-order chi connectivity index (χ0) is 13.4. The summed E-state index contributed by atoms with van der Waals surface area (Å²) in [5, 5.41) is 0. The van der Waals surface area contributed by atoms with Gasteiger partial charge in [-0.3, -0.25) is 13.9 Å². The smallest absolute Gasteiger partial charge is 0.328 e. The van der Waals surface area contributed by atoms with Crippen molar-refractivity contribution in [1.29, 1.82) is 0 Å². The van der Waals surface area contributed by atoms with Crippen LogP contribution in [0.15, 0.2) is 15.9 Å². The molecule has 2 rings (SSSR count). The van der Waals surface area contributed by atoms with E-state index in [0.29, 0.717) is 23.6 Å². The lowest BCUT2D eigenvalue weighted by Crippen LogP contribution is -2.38. The molecule has 0 aliphatic carbocycles. The Hall–Kier alpha value is -1.85. The molecule has 0 atom stereocenters. The first-order valence-corrected chi connectivity index (χ1v) is 6.04. The van der Waals surface area contributed by atoms with Gasteiger partial charge >= 0.3 is 5.69 Å². The lowest BCUT2D eigenvalue weighted by Gasteiger charge is -2.10. The van der Waals surface area contributed by atoms with E-state index >= 15 is 0 Å². The summed E-state index contributed by atoms with van der Waals surface area (Å²) in [7, 11) is 3.26. The predicted molar refractivity (Wildman–Crippen MR) is 69.7 cm³/mol. The number of aromatic nitrogens is 4. The molecule has 0 unspecified atom stereocenters. The number of aryl methyl sites for hydroxylation is 2. The van der Waals surface area contributed by atoms with Crippen molar-refractivity contribution < 1.29 is 0 Å². The number of rotatable bonds is 3. The van der Waals surface area contributed by atoms with Crippen LogP contribution in [0.1, 0.15) is 20.3 Å². The fourth-order valence-corrected chi connectivity index (χ4v) is 1.97. The van der Waals surface area contributed by atoms with Crippen molar-refractivity contribution in [2.75, 3.05) is 0 Å². The highest BCUT2D eigenvalue weighted by Gasteiger charge is 2.14. The Morgan fingerprint density at radius 1 is 1.28 bits per heavy atom. The minimum absolute atomic E-state index is 0.296. The second-order valence-electron chi connectivity index (χ2n) is 5.01. The second kappa shape index (κ2) is 4.44. The Labute approximate surface area is 104 Å². The van der Waals surface area contributed by atoms with Gasteiger partial charge in [0.2, 0.25) is 0 Å². The molecule has 2 aromatic rings. The Morgan fingerprint density at radius 2 is 1.94 bits per heavy atom. The number of hydrogen-bond acceptors (Lipinski definition) is 3. The van der Waals surface area contributed by atoms with Gasteiger partial charge in [0, 0.05) is 20.6 Å². The predicted octanol–water partition coefficient (Wildman–Crippen LogP) is 0.480. The van der Waals surface area contributed by atoms with E-state index in [1.807, 2.05) is 0 Å². The molecule has 0 aliphatic rings. The van der Waals surface area contributed by atoms with Crippen LogP contribution < -0.4 is 11.2 Å². The average molecular weight is 250 g/mol. The van der Waals surface area contributed by atoms with Crippen molar-refractivity contribution in [1.82, 2.24) is 18.7 Å². The molecular weight excluding hydrogens is 232 g/mol. The zero-order valence-electron chi connectivity index (χ0n) is 11.2. The summed E-state index contributed by atoms with van der Waals surface area (Å²) in [6.45, 7) is 4.78. The van der Waals surface area contributed by atoms with Crippen LogP contribution in [0.5, 0.6) is 0 Å². The summed E-state index contributed by atoms with van der Waals surface area (Å²) < 4.78 is 4.38. The third-order valence-electron chi connectivity index (χ3n) is 3.13. The molecule has 98 valence electrons. The van der Waals surface area contributed by atoms with E-state index in [-0.39, 0.29) is 11.2 Å². The van der Waals surface area contributed by atoms with E-state index < -0.39 is 0 Å². The van der Waals surface area contributed by atoms with Crippen LogP contribution in [-0.4, -0.2) is 18.7 Å².